The van der Waals surface area contributed by atoms with Crippen molar-refractivity contribution in [3.05, 3.63) is 42.6 Å². The average Bonchev–Trinajstić information content (AvgIpc) is 3.00. The van der Waals surface area contributed by atoms with E-state index in [1.165, 1.54) is 0 Å². The zero-order chi connectivity index (χ0) is 13.7. The highest BCUT2D eigenvalue weighted by Gasteiger charge is 2.15. The Kier molecular flexibility index (Phi) is 2.09. The Labute approximate surface area is 114 Å². The first kappa shape index (κ1) is 11.0. The molecule has 4 rings (SSSR count). The summed E-state index contributed by atoms with van der Waals surface area (Å²) in [7, 11) is 1.92. The van der Waals surface area contributed by atoms with Crippen LogP contribution in [0.1, 0.15) is 0 Å². The fourth-order valence-corrected chi connectivity index (χ4v) is 2.45. The molecule has 4 aromatic rings. The molecule has 98 valence electrons. The maximum atomic E-state index is 5.85. The SMILES string of the molecule is Cn1nc(-c2nnc3ccc(N)cn23)c2ccccc21. The van der Waals surface area contributed by atoms with Crippen molar-refractivity contribution in [3.8, 4) is 11.5 Å². The number of anilines is 1. The molecule has 0 radical (unpaired) electrons. The highest BCUT2D eigenvalue weighted by atomic mass is 15.3. The fraction of sp³-hybridized carbons (Fsp3) is 0.0714. The van der Waals surface area contributed by atoms with Crippen molar-refractivity contribution in [1.29, 1.82) is 0 Å². The molecule has 6 nitrogen and oxygen atoms in total. The maximum absolute atomic E-state index is 5.85. The third-order valence-electron chi connectivity index (χ3n) is 3.39. The molecule has 3 aromatic heterocycles. The van der Waals surface area contributed by atoms with Crippen LogP contribution in [0.2, 0.25) is 0 Å². The van der Waals surface area contributed by atoms with E-state index in [9.17, 15) is 0 Å². The Morgan fingerprint density at radius 1 is 1.05 bits per heavy atom. The number of fused-ring (bicyclic) bond motifs is 2. The van der Waals surface area contributed by atoms with Gasteiger partial charge in [-0.3, -0.25) is 9.08 Å². The van der Waals surface area contributed by atoms with Crippen molar-refractivity contribution in [2.24, 2.45) is 7.05 Å². The molecule has 0 saturated carbocycles. The van der Waals surface area contributed by atoms with Gasteiger partial charge in [0, 0.05) is 24.3 Å². The molecule has 0 amide bonds. The summed E-state index contributed by atoms with van der Waals surface area (Å²) in [5.74, 6) is 0.698. The Hall–Kier alpha value is -2.89. The number of benzene rings is 1. The molecule has 0 unspecified atom stereocenters. The average molecular weight is 264 g/mol. The first-order valence-electron chi connectivity index (χ1n) is 6.26. The Balaban J connectivity index is 2.09. The molecule has 0 bridgehead atoms. The third kappa shape index (κ3) is 1.41. The van der Waals surface area contributed by atoms with E-state index in [-0.39, 0.29) is 0 Å². The number of hydrogen-bond acceptors (Lipinski definition) is 4. The van der Waals surface area contributed by atoms with Crippen molar-refractivity contribution in [2.75, 3.05) is 5.73 Å². The molecule has 0 saturated heterocycles. The zero-order valence-electron chi connectivity index (χ0n) is 10.9. The molecular weight excluding hydrogens is 252 g/mol. The van der Waals surface area contributed by atoms with Gasteiger partial charge >= 0.3 is 0 Å². The molecule has 0 fully saturated rings. The number of pyridine rings is 1. The molecule has 1 aromatic carbocycles. The largest absolute Gasteiger partial charge is 0.398 e. The number of hydrogen-bond donors (Lipinski definition) is 1. The molecule has 2 N–H and O–H groups in total. The molecule has 3 heterocycles. The van der Waals surface area contributed by atoms with Gasteiger partial charge in [-0.25, -0.2) is 0 Å². The van der Waals surface area contributed by atoms with Crippen LogP contribution < -0.4 is 5.73 Å². The van der Waals surface area contributed by atoms with Crippen LogP contribution in [-0.4, -0.2) is 24.4 Å². The number of nitrogens with zero attached hydrogens (tertiary/aromatic N) is 5. The number of nitrogens with two attached hydrogens (primary N) is 1. The Morgan fingerprint density at radius 3 is 2.80 bits per heavy atom. The van der Waals surface area contributed by atoms with E-state index in [0.29, 0.717) is 11.5 Å². The number of nitrogen functional groups attached to an aromatic ring is 1. The van der Waals surface area contributed by atoms with Gasteiger partial charge < -0.3 is 5.73 Å². The van der Waals surface area contributed by atoms with Crippen molar-refractivity contribution in [2.45, 2.75) is 0 Å². The summed E-state index contributed by atoms with van der Waals surface area (Å²) in [5, 5.41) is 14.0. The lowest BCUT2D eigenvalue weighted by molar-refractivity contribution is 0.797. The van der Waals surface area contributed by atoms with Crippen molar-refractivity contribution in [1.82, 2.24) is 24.4 Å². The molecule has 20 heavy (non-hydrogen) atoms. The topological polar surface area (TPSA) is 74.0 Å². The van der Waals surface area contributed by atoms with Gasteiger partial charge in [-0.2, -0.15) is 5.10 Å². The molecule has 0 aliphatic rings. The summed E-state index contributed by atoms with van der Waals surface area (Å²) in [4.78, 5) is 0. The van der Waals surface area contributed by atoms with Gasteiger partial charge in [0.25, 0.3) is 0 Å². The Bertz CT molecular complexity index is 933. The Morgan fingerprint density at radius 2 is 1.90 bits per heavy atom. The summed E-state index contributed by atoms with van der Waals surface area (Å²) >= 11 is 0. The van der Waals surface area contributed by atoms with E-state index in [1.54, 1.807) is 0 Å². The minimum Gasteiger partial charge on any atom is -0.398 e. The van der Waals surface area contributed by atoms with Crippen molar-refractivity contribution < 1.29 is 0 Å². The number of para-hydroxylation sites is 1. The lowest BCUT2D eigenvalue weighted by atomic mass is 10.2. The van der Waals surface area contributed by atoms with Crippen LogP contribution in [0.25, 0.3) is 28.1 Å². The predicted molar refractivity (Wildman–Crippen MR) is 77.1 cm³/mol. The van der Waals surface area contributed by atoms with Gasteiger partial charge in [-0.15, -0.1) is 10.2 Å². The van der Waals surface area contributed by atoms with E-state index in [0.717, 1.165) is 22.2 Å². The van der Waals surface area contributed by atoms with Crippen LogP contribution in [0.15, 0.2) is 42.6 Å². The van der Waals surface area contributed by atoms with Gasteiger partial charge in [0.15, 0.2) is 11.5 Å². The second kappa shape index (κ2) is 3.80. The fourth-order valence-electron chi connectivity index (χ4n) is 2.45. The maximum Gasteiger partial charge on any atom is 0.189 e. The van der Waals surface area contributed by atoms with Crippen LogP contribution in [0.5, 0.6) is 0 Å². The van der Waals surface area contributed by atoms with Gasteiger partial charge in [0.05, 0.1) is 5.52 Å². The first-order valence-corrected chi connectivity index (χ1v) is 6.26. The second-order valence-electron chi connectivity index (χ2n) is 4.70. The number of aromatic nitrogens is 5. The van der Waals surface area contributed by atoms with Gasteiger partial charge in [0.2, 0.25) is 0 Å². The lowest BCUT2D eigenvalue weighted by Gasteiger charge is -1.98. The normalized spacial score (nSPS) is 11.4. The van der Waals surface area contributed by atoms with E-state index >= 15 is 0 Å². The summed E-state index contributed by atoms with van der Waals surface area (Å²) in [6.45, 7) is 0. The number of aryl methyl sites for hydroxylation is 1. The van der Waals surface area contributed by atoms with Crippen LogP contribution in [0, 0.1) is 0 Å². The van der Waals surface area contributed by atoms with E-state index in [2.05, 4.69) is 15.3 Å². The summed E-state index contributed by atoms with van der Waals surface area (Å²) in [6.07, 6.45) is 1.81. The smallest absolute Gasteiger partial charge is 0.189 e. The summed E-state index contributed by atoms with van der Waals surface area (Å²) < 4.78 is 3.71. The highest BCUT2D eigenvalue weighted by Crippen LogP contribution is 2.26. The van der Waals surface area contributed by atoms with E-state index in [4.69, 9.17) is 5.73 Å². The molecule has 0 aliphatic carbocycles. The van der Waals surface area contributed by atoms with Crippen LogP contribution in [0.4, 0.5) is 5.69 Å². The minimum atomic E-state index is 0.666. The molecule has 0 atom stereocenters. The van der Waals surface area contributed by atoms with Crippen LogP contribution in [-0.2, 0) is 7.05 Å². The number of rotatable bonds is 1. The standard InChI is InChI=1S/C14H12N6/c1-19-11-5-3-2-4-10(11)13(18-19)14-17-16-12-7-6-9(15)8-20(12)14/h2-8H,15H2,1H3. The molecule has 6 heteroatoms. The minimum absolute atomic E-state index is 0.666. The van der Waals surface area contributed by atoms with Crippen LogP contribution in [0.3, 0.4) is 0 Å². The third-order valence-corrected chi connectivity index (χ3v) is 3.39. The van der Waals surface area contributed by atoms with Gasteiger partial charge in [-0.05, 0) is 18.2 Å². The van der Waals surface area contributed by atoms with Crippen LogP contribution >= 0.6 is 0 Å². The van der Waals surface area contributed by atoms with Crippen molar-refractivity contribution >= 4 is 22.2 Å². The summed E-state index contributed by atoms with van der Waals surface area (Å²) in [6, 6.07) is 11.7. The molecule has 0 spiro atoms. The van der Waals surface area contributed by atoms with Gasteiger partial charge in [0.1, 0.15) is 5.69 Å². The van der Waals surface area contributed by atoms with Gasteiger partial charge in [-0.1, -0.05) is 18.2 Å². The summed E-state index contributed by atoms with van der Waals surface area (Å²) in [5.41, 5.74) is 9.13. The molecule has 0 aliphatic heterocycles. The first-order chi connectivity index (χ1) is 9.74. The zero-order valence-corrected chi connectivity index (χ0v) is 10.9. The predicted octanol–water partition coefficient (Wildman–Crippen LogP) is 1.87. The van der Waals surface area contributed by atoms with Crippen molar-refractivity contribution in [3.63, 3.8) is 0 Å². The highest BCUT2D eigenvalue weighted by molar-refractivity contribution is 5.91. The van der Waals surface area contributed by atoms with E-state index < -0.39 is 0 Å². The monoisotopic (exact) mass is 264 g/mol. The quantitative estimate of drug-likeness (QED) is 0.569. The molecular formula is C14H12N6. The van der Waals surface area contributed by atoms with E-state index in [1.807, 2.05) is 58.7 Å². The second-order valence-corrected chi connectivity index (χ2v) is 4.70. The lowest BCUT2D eigenvalue weighted by Crippen LogP contribution is -1.94.